The van der Waals surface area contributed by atoms with Crippen LogP contribution in [0.1, 0.15) is 47.5 Å². The second-order valence-electron chi connectivity index (χ2n) is 4.94. The molecule has 0 aromatic rings. The maximum absolute atomic E-state index is 11.3. The highest BCUT2D eigenvalue weighted by Crippen LogP contribution is 2.16. The Kier molecular flexibility index (Phi) is 5.97. The zero-order valence-corrected chi connectivity index (χ0v) is 11.2. The Hall–Kier alpha value is -0.610. The van der Waals surface area contributed by atoms with Crippen LogP contribution >= 0.6 is 0 Å². The molecule has 1 unspecified atom stereocenters. The van der Waals surface area contributed by atoms with Gasteiger partial charge in [-0.1, -0.05) is 13.8 Å². The molecule has 0 fully saturated rings. The van der Waals surface area contributed by atoms with Gasteiger partial charge in [-0.3, -0.25) is 4.79 Å². The smallest absolute Gasteiger partial charge is 0.237 e. The van der Waals surface area contributed by atoms with Crippen LogP contribution in [0.25, 0.3) is 0 Å². The van der Waals surface area contributed by atoms with E-state index >= 15 is 0 Å². The van der Waals surface area contributed by atoms with E-state index in [4.69, 9.17) is 10.5 Å². The minimum Gasteiger partial charge on any atom is -0.376 e. The molecule has 4 nitrogen and oxygen atoms in total. The molecule has 1 atom stereocenters. The topological polar surface area (TPSA) is 64.3 Å². The molecular weight excluding hydrogens is 204 g/mol. The molecule has 0 aliphatic rings. The summed E-state index contributed by atoms with van der Waals surface area (Å²) in [5, 5.41) is 3.11. The predicted octanol–water partition coefficient (Wildman–Crippen LogP) is 1.44. The maximum atomic E-state index is 11.3. The van der Waals surface area contributed by atoms with Crippen LogP contribution in [0.4, 0.5) is 0 Å². The van der Waals surface area contributed by atoms with Crippen molar-refractivity contribution in [1.29, 1.82) is 0 Å². The van der Waals surface area contributed by atoms with Crippen molar-refractivity contribution in [1.82, 2.24) is 5.32 Å². The highest BCUT2D eigenvalue weighted by molar-refractivity contribution is 5.84. The van der Waals surface area contributed by atoms with Crippen LogP contribution in [-0.4, -0.2) is 30.2 Å². The van der Waals surface area contributed by atoms with Gasteiger partial charge in [0.05, 0.1) is 11.1 Å². The number of carbonyl (C=O) groups is 1. The summed E-state index contributed by atoms with van der Waals surface area (Å²) in [6.45, 7) is 11.2. The number of hydrogen-bond acceptors (Lipinski definition) is 3. The summed E-state index contributed by atoms with van der Waals surface area (Å²) in [7, 11) is 0. The molecule has 96 valence electrons. The quantitative estimate of drug-likeness (QED) is 0.663. The highest BCUT2D eigenvalue weighted by Gasteiger charge is 2.30. The van der Waals surface area contributed by atoms with Crippen molar-refractivity contribution < 1.29 is 9.53 Å². The largest absolute Gasteiger partial charge is 0.376 e. The third-order valence-corrected chi connectivity index (χ3v) is 3.06. The summed E-state index contributed by atoms with van der Waals surface area (Å²) < 4.78 is 5.72. The van der Waals surface area contributed by atoms with Gasteiger partial charge in [0.1, 0.15) is 0 Å². The number of carbonyl (C=O) groups excluding carboxylic acids is 1. The summed E-state index contributed by atoms with van der Waals surface area (Å²) in [5.74, 6) is -0.327. The number of ether oxygens (including phenoxy) is 1. The first-order valence-electron chi connectivity index (χ1n) is 5.96. The number of likely N-dealkylation sites (N-methyl/N-ethyl adjacent to an activating group) is 1. The fraction of sp³-hybridized carbons (Fsp3) is 0.917. The Labute approximate surface area is 98.9 Å². The van der Waals surface area contributed by atoms with Crippen molar-refractivity contribution in [2.24, 2.45) is 5.73 Å². The molecule has 0 bridgehead atoms. The molecule has 0 heterocycles. The second-order valence-corrected chi connectivity index (χ2v) is 4.94. The van der Waals surface area contributed by atoms with Gasteiger partial charge in [0.25, 0.3) is 0 Å². The number of hydrogen-bond donors (Lipinski definition) is 2. The number of amides is 1. The molecule has 0 spiro atoms. The van der Waals surface area contributed by atoms with Crippen LogP contribution in [0.2, 0.25) is 0 Å². The third-order valence-electron chi connectivity index (χ3n) is 3.06. The van der Waals surface area contributed by atoms with E-state index in [1.54, 1.807) is 0 Å². The number of nitrogens with one attached hydrogen (secondary N) is 1. The molecule has 0 rings (SSSR count). The lowest BCUT2D eigenvalue weighted by molar-refractivity contribution is -0.125. The fourth-order valence-corrected chi connectivity index (χ4v) is 1.32. The van der Waals surface area contributed by atoms with Gasteiger partial charge in [0, 0.05) is 6.61 Å². The van der Waals surface area contributed by atoms with Gasteiger partial charge in [-0.05, 0) is 40.2 Å². The Morgan fingerprint density at radius 3 is 2.25 bits per heavy atom. The van der Waals surface area contributed by atoms with E-state index in [9.17, 15) is 4.79 Å². The first-order valence-corrected chi connectivity index (χ1v) is 5.96. The molecule has 4 heteroatoms. The minimum absolute atomic E-state index is 0.134. The standard InChI is InChI=1S/C12H26N2O2/c1-6-11(3,4)16-9-8-12(5,10(13)15)14-7-2/h14H,6-9H2,1-5H3,(H2,13,15). The van der Waals surface area contributed by atoms with Crippen molar-refractivity contribution in [2.45, 2.75) is 58.6 Å². The summed E-state index contributed by atoms with van der Waals surface area (Å²) >= 11 is 0. The normalized spacial score (nSPS) is 15.8. The van der Waals surface area contributed by atoms with Crippen LogP contribution in [0.5, 0.6) is 0 Å². The Bertz CT molecular complexity index is 229. The highest BCUT2D eigenvalue weighted by atomic mass is 16.5. The monoisotopic (exact) mass is 230 g/mol. The van der Waals surface area contributed by atoms with E-state index in [0.29, 0.717) is 13.0 Å². The molecule has 0 saturated carbocycles. The lowest BCUT2D eigenvalue weighted by Gasteiger charge is -2.30. The van der Waals surface area contributed by atoms with E-state index in [-0.39, 0.29) is 11.5 Å². The molecule has 0 aliphatic heterocycles. The zero-order valence-electron chi connectivity index (χ0n) is 11.2. The first kappa shape index (κ1) is 15.4. The molecule has 1 amide bonds. The fourth-order valence-electron chi connectivity index (χ4n) is 1.32. The van der Waals surface area contributed by atoms with Crippen molar-refractivity contribution in [3.8, 4) is 0 Å². The Balaban J connectivity index is 4.19. The Morgan fingerprint density at radius 1 is 1.31 bits per heavy atom. The Morgan fingerprint density at radius 2 is 1.88 bits per heavy atom. The number of nitrogens with two attached hydrogens (primary N) is 1. The van der Waals surface area contributed by atoms with Crippen molar-refractivity contribution in [2.75, 3.05) is 13.2 Å². The summed E-state index contributed by atoms with van der Waals surface area (Å²) in [4.78, 5) is 11.3. The van der Waals surface area contributed by atoms with Gasteiger partial charge >= 0.3 is 0 Å². The van der Waals surface area contributed by atoms with Crippen molar-refractivity contribution in [3.05, 3.63) is 0 Å². The molecule has 0 saturated heterocycles. The lowest BCUT2D eigenvalue weighted by atomic mass is 9.97. The molecule has 0 aromatic heterocycles. The average molecular weight is 230 g/mol. The van der Waals surface area contributed by atoms with E-state index in [1.807, 2.05) is 27.7 Å². The van der Waals surface area contributed by atoms with Crippen LogP contribution in [0, 0.1) is 0 Å². The number of rotatable bonds is 8. The third kappa shape index (κ3) is 4.94. The van der Waals surface area contributed by atoms with Gasteiger partial charge < -0.3 is 15.8 Å². The molecule has 0 radical (unpaired) electrons. The van der Waals surface area contributed by atoms with Crippen LogP contribution in [0.3, 0.4) is 0 Å². The van der Waals surface area contributed by atoms with E-state index in [0.717, 1.165) is 13.0 Å². The van der Waals surface area contributed by atoms with E-state index in [2.05, 4.69) is 12.2 Å². The zero-order chi connectivity index (χ0) is 12.8. The molecular formula is C12H26N2O2. The first-order chi connectivity index (χ1) is 7.27. The van der Waals surface area contributed by atoms with Gasteiger partial charge in [0.2, 0.25) is 5.91 Å². The van der Waals surface area contributed by atoms with E-state index < -0.39 is 5.54 Å². The predicted molar refractivity (Wildman–Crippen MR) is 66.2 cm³/mol. The second kappa shape index (κ2) is 6.21. The van der Waals surface area contributed by atoms with Gasteiger partial charge in [0.15, 0.2) is 0 Å². The SMILES string of the molecule is CCNC(C)(CCOC(C)(C)CC)C(N)=O. The van der Waals surface area contributed by atoms with Crippen molar-refractivity contribution >= 4 is 5.91 Å². The minimum atomic E-state index is -0.668. The van der Waals surface area contributed by atoms with Crippen LogP contribution < -0.4 is 11.1 Å². The van der Waals surface area contributed by atoms with Gasteiger partial charge in [-0.25, -0.2) is 0 Å². The summed E-state index contributed by atoms with van der Waals surface area (Å²) in [6.07, 6.45) is 1.54. The number of primary amides is 1. The van der Waals surface area contributed by atoms with Crippen LogP contribution in [-0.2, 0) is 9.53 Å². The molecule has 3 N–H and O–H groups in total. The summed E-state index contributed by atoms with van der Waals surface area (Å²) in [5.41, 5.74) is 4.58. The van der Waals surface area contributed by atoms with Gasteiger partial charge in [-0.15, -0.1) is 0 Å². The van der Waals surface area contributed by atoms with Crippen LogP contribution in [0.15, 0.2) is 0 Å². The maximum Gasteiger partial charge on any atom is 0.237 e. The van der Waals surface area contributed by atoms with Crippen molar-refractivity contribution in [3.63, 3.8) is 0 Å². The molecule has 16 heavy (non-hydrogen) atoms. The lowest BCUT2D eigenvalue weighted by Crippen LogP contribution is -2.53. The molecule has 0 aromatic carbocycles. The van der Waals surface area contributed by atoms with E-state index in [1.165, 1.54) is 0 Å². The summed E-state index contributed by atoms with van der Waals surface area (Å²) in [6, 6.07) is 0. The van der Waals surface area contributed by atoms with Gasteiger partial charge in [-0.2, -0.15) is 0 Å². The molecule has 0 aliphatic carbocycles. The average Bonchev–Trinajstić information content (AvgIpc) is 2.17.